The number of hydrogen-bond acceptors (Lipinski definition) is 7. The molecule has 2 aliphatic rings. The summed E-state index contributed by atoms with van der Waals surface area (Å²) in [6.45, 7) is 5.31. The van der Waals surface area contributed by atoms with E-state index in [1.165, 1.54) is 0 Å². The third-order valence-corrected chi connectivity index (χ3v) is 12.5. The molecule has 3 aromatic carbocycles. The Morgan fingerprint density at radius 3 is 2.37 bits per heavy atom. The summed E-state index contributed by atoms with van der Waals surface area (Å²) >= 11 is 9.61. The Hall–Kier alpha value is -2.97. The van der Waals surface area contributed by atoms with Crippen molar-refractivity contribution < 1.29 is 30.5 Å². The van der Waals surface area contributed by atoms with Crippen LogP contribution in [0.15, 0.2) is 100.0 Å². The van der Waals surface area contributed by atoms with E-state index in [4.69, 9.17) is 11.6 Å². The number of anilines is 1. The summed E-state index contributed by atoms with van der Waals surface area (Å²) in [5.74, 6) is -0.644. The fourth-order valence-electron chi connectivity index (χ4n) is 6.48. The molecule has 0 fully saturated rings. The van der Waals surface area contributed by atoms with E-state index in [1.54, 1.807) is 23.1 Å². The maximum Gasteiger partial charge on any atom is 0.265 e. The van der Waals surface area contributed by atoms with E-state index in [2.05, 4.69) is 71.9 Å². The Bertz CT molecular complexity index is 2210. The van der Waals surface area contributed by atoms with Gasteiger partial charge in [-0.2, -0.15) is 21.4 Å². The van der Waals surface area contributed by atoms with Gasteiger partial charge in [0.1, 0.15) is 4.70 Å². The predicted octanol–water partition coefficient (Wildman–Crippen LogP) is 8.65. The van der Waals surface area contributed by atoms with Crippen molar-refractivity contribution in [2.24, 2.45) is 5.41 Å². The van der Waals surface area contributed by atoms with E-state index in [-0.39, 0.29) is 29.8 Å². The number of fused-ring (bicyclic) bond motifs is 2. The smallest absolute Gasteiger partial charge is 0.265 e. The first-order valence-electron chi connectivity index (χ1n) is 15.9. The molecule has 0 amide bonds. The van der Waals surface area contributed by atoms with Gasteiger partial charge in [0.2, 0.25) is 5.52 Å². The second-order valence-corrected chi connectivity index (χ2v) is 18.9. The maximum atomic E-state index is 11.6. The standard InChI is InChI=1S/C36H37ClN2O6S4/c1-36(2)23-25(18-26(24-36)20-35-39(15-7-17-49(43,44)45)31-22-29(37)11-13-33(31)47-35)19-34-38(14-6-16-48(40,41)42)30-21-28(10-12-32(30)46-34)27-8-4-3-5-9-27/h3-5,8-13,18-22H,6-7,14-17,23-24H2,1-2H3,(H-,40,41,42,43,44,45)/p+1. The Balaban J connectivity index is 1.38. The lowest BCUT2D eigenvalue weighted by molar-refractivity contribution is -0.668. The lowest BCUT2D eigenvalue weighted by Gasteiger charge is -2.31. The fourth-order valence-corrected chi connectivity index (χ4v) is 9.93. The second kappa shape index (κ2) is 14.3. The van der Waals surface area contributed by atoms with Gasteiger partial charge in [-0.05, 0) is 77.3 Å². The largest absolute Gasteiger partial charge is 0.335 e. The molecule has 0 atom stereocenters. The molecule has 0 radical (unpaired) electrons. The van der Waals surface area contributed by atoms with Crippen LogP contribution in [0.3, 0.4) is 0 Å². The minimum atomic E-state index is -4.09. The molecule has 2 N–H and O–H groups in total. The maximum absolute atomic E-state index is 11.6. The van der Waals surface area contributed by atoms with Gasteiger partial charge in [-0.15, -0.1) is 0 Å². The van der Waals surface area contributed by atoms with E-state index >= 15 is 0 Å². The lowest BCUT2D eigenvalue weighted by Crippen LogP contribution is -2.36. The number of nitrogens with zero attached hydrogens (tertiary/aromatic N) is 2. The van der Waals surface area contributed by atoms with Crippen LogP contribution in [0.2, 0.25) is 5.02 Å². The molecule has 258 valence electrons. The summed E-state index contributed by atoms with van der Waals surface area (Å²) in [4.78, 5) is 3.10. The number of halogens is 1. The Kier molecular flexibility index (Phi) is 10.5. The van der Waals surface area contributed by atoms with Crippen molar-refractivity contribution in [2.45, 2.75) is 51.0 Å². The first-order valence-corrected chi connectivity index (χ1v) is 21.2. The highest BCUT2D eigenvalue weighted by molar-refractivity contribution is 8.03. The number of benzene rings is 3. The summed E-state index contributed by atoms with van der Waals surface area (Å²) in [5.41, 5.74) is 6.31. The fraction of sp³-hybridized carbons (Fsp3) is 0.306. The van der Waals surface area contributed by atoms with Crippen molar-refractivity contribution in [3.63, 3.8) is 0 Å². The Morgan fingerprint density at radius 2 is 1.63 bits per heavy atom. The van der Waals surface area contributed by atoms with Crippen LogP contribution in [-0.4, -0.2) is 44.0 Å². The number of thioether (sulfide) groups is 1. The molecule has 8 nitrogen and oxygen atoms in total. The molecule has 1 aromatic heterocycles. The third kappa shape index (κ3) is 9.23. The molecule has 1 aliphatic heterocycles. The molecule has 1 aliphatic carbocycles. The molecular formula is C36H38ClN2O6S4+. The summed E-state index contributed by atoms with van der Waals surface area (Å²) in [5, 5.41) is 2.55. The number of hydrogen-bond donors (Lipinski definition) is 2. The van der Waals surface area contributed by atoms with Crippen molar-refractivity contribution in [1.82, 2.24) is 0 Å². The van der Waals surface area contributed by atoms with Gasteiger partial charge < -0.3 is 4.90 Å². The average Bonchev–Trinajstić information content (AvgIpc) is 3.51. The van der Waals surface area contributed by atoms with Crippen molar-refractivity contribution in [3.8, 4) is 11.1 Å². The molecule has 0 bridgehead atoms. The first-order chi connectivity index (χ1) is 23.1. The van der Waals surface area contributed by atoms with Gasteiger partial charge >= 0.3 is 0 Å². The molecule has 0 unspecified atom stereocenters. The highest BCUT2D eigenvalue weighted by Gasteiger charge is 2.30. The van der Waals surface area contributed by atoms with Gasteiger partial charge in [-0.25, -0.2) is 0 Å². The van der Waals surface area contributed by atoms with Gasteiger partial charge in [0.15, 0.2) is 6.54 Å². The van der Waals surface area contributed by atoms with Gasteiger partial charge in [0.25, 0.3) is 25.2 Å². The number of aryl methyl sites for hydroxylation is 1. The van der Waals surface area contributed by atoms with E-state index in [1.807, 2.05) is 36.4 Å². The van der Waals surface area contributed by atoms with Crippen LogP contribution < -0.4 is 9.47 Å². The molecule has 0 saturated heterocycles. The van der Waals surface area contributed by atoms with Crippen LogP contribution >= 0.6 is 34.7 Å². The van der Waals surface area contributed by atoms with Gasteiger partial charge in [-0.3, -0.25) is 9.11 Å². The number of allylic oxidation sites excluding steroid dienone is 4. The number of aromatic nitrogens is 1. The molecule has 49 heavy (non-hydrogen) atoms. The third-order valence-electron chi connectivity index (χ3n) is 8.45. The zero-order valence-corrected chi connectivity index (χ0v) is 31.2. The monoisotopic (exact) mass is 757 g/mol. The SMILES string of the molecule is CC1(C)CC(/C=C2\Sc3ccc(Cl)cc3N2CCCS(=O)(=O)O)=CC(=C/c2sc3ccc(-c4ccccc4)cc3[n+]2CCCS(=O)(=O)O)/C1. The molecule has 0 spiro atoms. The van der Waals surface area contributed by atoms with Gasteiger partial charge in [0, 0.05) is 35.0 Å². The Morgan fingerprint density at radius 1 is 0.898 bits per heavy atom. The van der Waals surface area contributed by atoms with Crippen molar-refractivity contribution in [1.29, 1.82) is 0 Å². The molecule has 13 heteroatoms. The average molecular weight is 758 g/mol. The molecule has 4 aromatic rings. The lowest BCUT2D eigenvalue weighted by atomic mass is 9.75. The number of rotatable bonds is 11. The first kappa shape index (κ1) is 35.8. The van der Waals surface area contributed by atoms with Crippen molar-refractivity contribution in [3.05, 3.63) is 105 Å². The van der Waals surface area contributed by atoms with E-state index in [0.717, 1.165) is 66.0 Å². The molecule has 0 saturated carbocycles. The summed E-state index contributed by atoms with van der Waals surface area (Å²) < 4.78 is 68.2. The van der Waals surface area contributed by atoms with Crippen molar-refractivity contribution >= 4 is 76.9 Å². The zero-order valence-electron chi connectivity index (χ0n) is 27.2. The minimum Gasteiger partial charge on any atom is -0.335 e. The summed E-state index contributed by atoms with van der Waals surface area (Å²) in [6.07, 6.45) is 8.79. The molecule has 6 rings (SSSR count). The Labute approximate surface area is 301 Å². The van der Waals surface area contributed by atoms with E-state index in [9.17, 15) is 25.9 Å². The highest BCUT2D eigenvalue weighted by Crippen LogP contribution is 2.49. The van der Waals surface area contributed by atoms with Crippen molar-refractivity contribution in [2.75, 3.05) is 23.0 Å². The topological polar surface area (TPSA) is 116 Å². The van der Waals surface area contributed by atoms with Crippen LogP contribution in [0.4, 0.5) is 5.69 Å². The van der Waals surface area contributed by atoms with Crippen LogP contribution in [0.5, 0.6) is 0 Å². The highest BCUT2D eigenvalue weighted by atomic mass is 35.5. The quantitative estimate of drug-likeness (QED) is 0.115. The van der Waals surface area contributed by atoms with Crippen LogP contribution in [0.25, 0.3) is 27.4 Å². The predicted molar refractivity (Wildman–Crippen MR) is 201 cm³/mol. The molecular weight excluding hydrogens is 720 g/mol. The van der Waals surface area contributed by atoms with Gasteiger partial charge in [0.05, 0.1) is 22.2 Å². The van der Waals surface area contributed by atoms with Gasteiger partial charge in [-0.1, -0.05) is 91.0 Å². The van der Waals surface area contributed by atoms with Crippen LogP contribution in [0.1, 0.15) is 44.5 Å². The number of thiazole rings is 1. The minimum absolute atomic E-state index is 0.0465. The zero-order chi connectivity index (χ0) is 35.0. The van der Waals surface area contributed by atoms with E-state index < -0.39 is 20.2 Å². The van der Waals surface area contributed by atoms with E-state index in [0.29, 0.717) is 18.1 Å². The normalized spacial score (nSPS) is 18.0. The second-order valence-electron chi connectivity index (χ2n) is 13.2. The van der Waals surface area contributed by atoms with Crippen LogP contribution in [0, 0.1) is 5.41 Å². The summed E-state index contributed by atoms with van der Waals surface area (Å²) in [6, 6.07) is 22.2. The summed E-state index contributed by atoms with van der Waals surface area (Å²) in [7, 11) is -8.18. The van der Waals surface area contributed by atoms with Crippen LogP contribution in [-0.2, 0) is 26.8 Å². The molecule has 2 heterocycles.